The average Bonchev–Trinajstić information content (AvgIpc) is 2.78. The molecule has 1 aromatic carbocycles. The molecule has 2 fully saturated rings. The molecule has 0 aliphatic carbocycles. The van der Waals surface area contributed by atoms with Crippen molar-refractivity contribution in [3.8, 4) is 0 Å². The Balaban J connectivity index is 1.59. The molecule has 2 saturated heterocycles. The number of benzene rings is 1. The van der Waals surface area contributed by atoms with E-state index >= 15 is 0 Å². The maximum atomic E-state index is 12.7. The highest BCUT2D eigenvalue weighted by atomic mass is 32.2. The van der Waals surface area contributed by atoms with Gasteiger partial charge in [-0.05, 0) is 63.1 Å². The van der Waals surface area contributed by atoms with Gasteiger partial charge in [-0.2, -0.15) is 4.31 Å². The molecular formula is C22H32N2O5S. The maximum absolute atomic E-state index is 12.7. The summed E-state index contributed by atoms with van der Waals surface area (Å²) in [5.74, 6) is -0.379. The lowest BCUT2D eigenvalue weighted by Crippen LogP contribution is -2.48. The minimum Gasteiger partial charge on any atom is -0.464 e. The van der Waals surface area contributed by atoms with E-state index in [2.05, 4.69) is 0 Å². The Hall–Kier alpha value is -1.93. The molecule has 2 aliphatic heterocycles. The number of aryl methyl sites for hydroxylation is 1. The lowest BCUT2D eigenvalue weighted by molar-refractivity contribution is -0.156. The smallest absolute Gasteiger partial charge is 0.328 e. The van der Waals surface area contributed by atoms with Gasteiger partial charge in [0.15, 0.2) is 0 Å². The zero-order valence-corrected chi connectivity index (χ0v) is 18.5. The molecule has 2 aliphatic rings. The van der Waals surface area contributed by atoms with E-state index in [-0.39, 0.29) is 18.3 Å². The van der Waals surface area contributed by atoms with Gasteiger partial charge in [0.2, 0.25) is 15.9 Å². The Bertz CT molecular complexity index is 832. The fourth-order valence-corrected chi connectivity index (χ4v) is 5.71. The molecule has 2 heterocycles. The second kappa shape index (κ2) is 10.4. The van der Waals surface area contributed by atoms with Crippen molar-refractivity contribution in [1.29, 1.82) is 0 Å². The monoisotopic (exact) mass is 436 g/mol. The van der Waals surface area contributed by atoms with Crippen LogP contribution in [-0.2, 0) is 30.8 Å². The number of likely N-dealkylation sites (tertiary alicyclic amines) is 1. The van der Waals surface area contributed by atoms with Crippen molar-refractivity contribution in [1.82, 2.24) is 9.21 Å². The molecule has 0 aromatic heterocycles. The molecule has 1 aromatic rings. The molecule has 3 rings (SSSR count). The molecule has 0 radical (unpaired) electrons. The summed E-state index contributed by atoms with van der Waals surface area (Å²) in [5.41, 5.74) is 0.908. The minimum atomic E-state index is -3.44. The molecule has 0 saturated carbocycles. The summed E-state index contributed by atoms with van der Waals surface area (Å²) in [6.45, 7) is 3.81. The van der Waals surface area contributed by atoms with Gasteiger partial charge in [0.25, 0.3) is 0 Å². The number of piperidine rings is 2. The first-order valence-electron chi connectivity index (χ1n) is 11.0. The molecule has 166 valence electrons. The van der Waals surface area contributed by atoms with Crippen LogP contribution >= 0.6 is 0 Å². The molecule has 0 spiro atoms. The van der Waals surface area contributed by atoms with Gasteiger partial charge in [0.05, 0.1) is 11.5 Å². The van der Waals surface area contributed by atoms with Gasteiger partial charge in [0.1, 0.15) is 6.04 Å². The highest BCUT2D eigenvalue weighted by molar-refractivity contribution is 7.89. The molecule has 8 heteroatoms. The van der Waals surface area contributed by atoms with E-state index in [1.54, 1.807) is 40.4 Å². The SMILES string of the molecule is CCOC(=O)C1CCCCN1C(=O)CCc1ccc(S(=O)(=O)N2CCCCC2)cc1. The number of hydrogen-bond acceptors (Lipinski definition) is 5. The number of ether oxygens (including phenoxy) is 1. The van der Waals surface area contributed by atoms with Crippen LogP contribution in [0.3, 0.4) is 0 Å². The first kappa shape index (κ1) is 22.7. The second-order valence-electron chi connectivity index (χ2n) is 7.96. The predicted molar refractivity (Wildman–Crippen MR) is 113 cm³/mol. The Morgan fingerprint density at radius 1 is 1.00 bits per heavy atom. The first-order valence-corrected chi connectivity index (χ1v) is 12.4. The van der Waals surface area contributed by atoms with E-state index in [9.17, 15) is 18.0 Å². The number of carbonyl (C=O) groups is 2. The molecule has 7 nitrogen and oxygen atoms in total. The van der Waals surface area contributed by atoms with Crippen molar-refractivity contribution in [2.75, 3.05) is 26.2 Å². The van der Waals surface area contributed by atoms with E-state index in [0.717, 1.165) is 37.7 Å². The zero-order valence-electron chi connectivity index (χ0n) is 17.7. The van der Waals surface area contributed by atoms with Crippen LogP contribution < -0.4 is 0 Å². The average molecular weight is 437 g/mol. The first-order chi connectivity index (χ1) is 14.4. The van der Waals surface area contributed by atoms with E-state index < -0.39 is 16.1 Å². The van der Waals surface area contributed by atoms with Crippen molar-refractivity contribution < 1.29 is 22.7 Å². The predicted octanol–water partition coefficient (Wildman–Crippen LogP) is 2.74. The number of carbonyl (C=O) groups excluding carboxylic acids is 2. The van der Waals surface area contributed by atoms with Gasteiger partial charge in [-0.15, -0.1) is 0 Å². The zero-order chi connectivity index (χ0) is 21.6. The molecule has 1 unspecified atom stereocenters. The van der Waals surface area contributed by atoms with Crippen LogP contribution in [0.5, 0.6) is 0 Å². The largest absolute Gasteiger partial charge is 0.464 e. The van der Waals surface area contributed by atoms with Crippen LogP contribution in [0, 0.1) is 0 Å². The van der Waals surface area contributed by atoms with Crippen LogP contribution in [-0.4, -0.2) is 61.8 Å². The highest BCUT2D eigenvalue weighted by Gasteiger charge is 2.32. The normalized spacial score (nSPS) is 20.7. The third-order valence-corrected chi connectivity index (χ3v) is 7.80. The fourth-order valence-electron chi connectivity index (χ4n) is 4.19. The molecular weight excluding hydrogens is 404 g/mol. The standard InChI is InChI=1S/C22H32N2O5S/c1-2-29-22(26)20-8-4-7-17-24(20)21(25)14-11-18-9-12-19(13-10-18)30(27,28)23-15-5-3-6-16-23/h9-10,12-13,20H,2-8,11,14-17H2,1H3. The van der Waals surface area contributed by atoms with Crippen LogP contribution in [0.1, 0.15) is 57.4 Å². The summed E-state index contributed by atoms with van der Waals surface area (Å²) in [5, 5.41) is 0. The van der Waals surface area contributed by atoms with Gasteiger partial charge in [-0.3, -0.25) is 4.79 Å². The summed E-state index contributed by atoms with van der Waals surface area (Å²) < 4.78 is 32.2. The van der Waals surface area contributed by atoms with Gasteiger partial charge in [-0.1, -0.05) is 18.6 Å². The van der Waals surface area contributed by atoms with Gasteiger partial charge < -0.3 is 9.64 Å². The van der Waals surface area contributed by atoms with E-state index in [4.69, 9.17) is 4.74 Å². The molecule has 0 N–H and O–H groups in total. The summed E-state index contributed by atoms with van der Waals surface area (Å²) in [4.78, 5) is 26.9. The minimum absolute atomic E-state index is 0.0576. The van der Waals surface area contributed by atoms with Crippen molar-refractivity contribution in [3.63, 3.8) is 0 Å². The second-order valence-corrected chi connectivity index (χ2v) is 9.90. The molecule has 30 heavy (non-hydrogen) atoms. The van der Waals surface area contributed by atoms with Crippen LogP contribution in [0.4, 0.5) is 0 Å². The summed E-state index contributed by atoms with van der Waals surface area (Å²) in [6, 6.07) is 6.34. The Kier molecular flexibility index (Phi) is 7.88. The van der Waals surface area contributed by atoms with Crippen molar-refractivity contribution in [2.24, 2.45) is 0 Å². The third kappa shape index (κ3) is 5.40. The van der Waals surface area contributed by atoms with Crippen LogP contribution in [0.25, 0.3) is 0 Å². The Labute approximate surface area is 179 Å². The number of nitrogens with zero attached hydrogens (tertiary/aromatic N) is 2. The Morgan fingerprint density at radius 2 is 1.67 bits per heavy atom. The van der Waals surface area contributed by atoms with Crippen molar-refractivity contribution in [2.45, 2.75) is 69.2 Å². The molecule has 0 bridgehead atoms. The van der Waals surface area contributed by atoms with Crippen molar-refractivity contribution in [3.05, 3.63) is 29.8 Å². The number of amides is 1. The maximum Gasteiger partial charge on any atom is 0.328 e. The lowest BCUT2D eigenvalue weighted by Gasteiger charge is -2.34. The highest BCUT2D eigenvalue weighted by Crippen LogP contribution is 2.22. The van der Waals surface area contributed by atoms with E-state index in [1.165, 1.54) is 0 Å². The molecule has 1 amide bonds. The van der Waals surface area contributed by atoms with Gasteiger partial charge in [0, 0.05) is 26.1 Å². The topological polar surface area (TPSA) is 84.0 Å². The number of esters is 1. The van der Waals surface area contributed by atoms with E-state index in [1.807, 2.05) is 0 Å². The Morgan fingerprint density at radius 3 is 2.33 bits per heavy atom. The van der Waals surface area contributed by atoms with Crippen LogP contribution in [0.15, 0.2) is 29.2 Å². The molecule has 1 atom stereocenters. The summed E-state index contributed by atoms with van der Waals surface area (Å²) in [7, 11) is -3.44. The number of sulfonamides is 1. The fraction of sp³-hybridized carbons (Fsp3) is 0.636. The lowest BCUT2D eigenvalue weighted by atomic mass is 10.0. The van der Waals surface area contributed by atoms with Crippen molar-refractivity contribution >= 4 is 21.9 Å². The van der Waals surface area contributed by atoms with E-state index in [0.29, 0.717) is 44.0 Å². The van der Waals surface area contributed by atoms with Gasteiger partial charge >= 0.3 is 5.97 Å². The quantitative estimate of drug-likeness (QED) is 0.614. The van der Waals surface area contributed by atoms with Gasteiger partial charge in [-0.25, -0.2) is 13.2 Å². The summed E-state index contributed by atoms with van der Waals surface area (Å²) >= 11 is 0. The number of rotatable bonds is 7. The third-order valence-electron chi connectivity index (χ3n) is 5.89. The summed E-state index contributed by atoms with van der Waals surface area (Å²) in [6.07, 6.45) is 6.14. The number of hydrogen-bond donors (Lipinski definition) is 0. The van der Waals surface area contributed by atoms with Crippen LogP contribution in [0.2, 0.25) is 0 Å².